The van der Waals surface area contributed by atoms with Crippen LogP contribution in [0.3, 0.4) is 0 Å². The number of nitrogens with two attached hydrogens (primary N) is 1. The molecule has 0 aromatic heterocycles. The fourth-order valence-electron chi connectivity index (χ4n) is 2.77. The second-order valence-electron chi connectivity index (χ2n) is 5.31. The van der Waals surface area contributed by atoms with Gasteiger partial charge in [0, 0.05) is 19.7 Å². The number of ether oxygens (including phenoxy) is 1. The average Bonchev–Trinajstić information content (AvgIpc) is 2.62. The molecule has 0 bridgehead atoms. The molecule has 4 nitrogen and oxygen atoms in total. The van der Waals surface area contributed by atoms with Gasteiger partial charge in [-0.3, -0.25) is 4.79 Å². The third-order valence-electron chi connectivity index (χ3n) is 4.06. The van der Waals surface area contributed by atoms with Crippen molar-refractivity contribution in [3.63, 3.8) is 0 Å². The number of nitrogens with zero attached hydrogens (tertiary/aromatic N) is 1. The zero-order valence-corrected chi connectivity index (χ0v) is 11.5. The third-order valence-corrected chi connectivity index (χ3v) is 4.06. The summed E-state index contributed by atoms with van der Waals surface area (Å²) in [5.41, 5.74) is 5.73. The molecule has 4 heteroatoms. The van der Waals surface area contributed by atoms with Crippen LogP contribution in [0.15, 0.2) is 0 Å². The van der Waals surface area contributed by atoms with Crippen molar-refractivity contribution in [2.24, 2.45) is 11.1 Å². The van der Waals surface area contributed by atoms with Gasteiger partial charge in [-0.25, -0.2) is 0 Å². The Kier molecular flexibility index (Phi) is 4.95. The highest BCUT2D eigenvalue weighted by Crippen LogP contribution is 2.38. The number of amides is 1. The molecule has 3 unspecified atom stereocenters. The Morgan fingerprint density at radius 2 is 2.29 bits per heavy atom. The highest BCUT2D eigenvalue weighted by molar-refractivity contribution is 5.83. The maximum absolute atomic E-state index is 12.6. The van der Waals surface area contributed by atoms with Crippen LogP contribution in [0.25, 0.3) is 0 Å². The van der Waals surface area contributed by atoms with Crippen molar-refractivity contribution in [1.29, 1.82) is 0 Å². The molecule has 17 heavy (non-hydrogen) atoms. The predicted molar refractivity (Wildman–Crippen MR) is 68.7 cm³/mol. The molecule has 0 spiro atoms. The van der Waals surface area contributed by atoms with E-state index in [1.807, 2.05) is 25.7 Å². The Balaban J connectivity index is 2.78. The molecule has 3 atom stereocenters. The Labute approximate surface area is 104 Å². The van der Waals surface area contributed by atoms with Gasteiger partial charge in [0.15, 0.2) is 0 Å². The van der Waals surface area contributed by atoms with Crippen molar-refractivity contribution in [2.45, 2.75) is 52.1 Å². The van der Waals surface area contributed by atoms with E-state index in [1.165, 1.54) is 0 Å². The number of hydrogen-bond acceptors (Lipinski definition) is 3. The second kappa shape index (κ2) is 5.83. The first kappa shape index (κ1) is 14.5. The first-order valence-electron chi connectivity index (χ1n) is 6.53. The van der Waals surface area contributed by atoms with Crippen molar-refractivity contribution >= 4 is 5.91 Å². The number of hydrogen-bond donors (Lipinski definition) is 1. The van der Waals surface area contributed by atoms with Gasteiger partial charge in [0.2, 0.25) is 5.91 Å². The van der Waals surface area contributed by atoms with E-state index in [9.17, 15) is 4.79 Å². The molecule has 100 valence electrons. The van der Waals surface area contributed by atoms with Gasteiger partial charge >= 0.3 is 0 Å². The molecule has 1 saturated carbocycles. The molecule has 0 aliphatic heterocycles. The number of methoxy groups -OCH3 is 1. The molecule has 1 aliphatic carbocycles. The molecule has 2 N–H and O–H groups in total. The van der Waals surface area contributed by atoms with E-state index in [4.69, 9.17) is 10.5 Å². The van der Waals surface area contributed by atoms with Gasteiger partial charge in [-0.15, -0.1) is 0 Å². The standard InChI is InChI=1S/C13H26N2O2/c1-5-15(10(2)9-17-4)12(16)13(3)8-6-7-11(13)14/h10-11H,5-9,14H2,1-4H3. The summed E-state index contributed by atoms with van der Waals surface area (Å²) in [7, 11) is 1.66. The van der Waals surface area contributed by atoms with Gasteiger partial charge in [0.05, 0.1) is 18.1 Å². The predicted octanol–water partition coefficient (Wildman–Crippen LogP) is 1.39. The topological polar surface area (TPSA) is 55.6 Å². The molecular weight excluding hydrogens is 216 g/mol. The highest BCUT2D eigenvalue weighted by atomic mass is 16.5. The van der Waals surface area contributed by atoms with Gasteiger partial charge in [0.1, 0.15) is 0 Å². The van der Waals surface area contributed by atoms with Crippen LogP contribution in [0.1, 0.15) is 40.0 Å². The van der Waals surface area contributed by atoms with Crippen LogP contribution in [0.2, 0.25) is 0 Å². The molecule has 0 radical (unpaired) electrons. The van der Waals surface area contributed by atoms with Crippen molar-refractivity contribution < 1.29 is 9.53 Å². The number of rotatable bonds is 5. The third kappa shape index (κ3) is 2.80. The summed E-state index contributed by atoms with van der Waals surface area (Å²) in [6, 6.07) is 0.112. The maximum atomic E-state index is 12.6. The summed E-state index contributed by atoms with van der Waals surface area (Å²) in [5, 5.41) is 0. The lowest BCUT2D eigenvalue weighted by molar-refractivity contribution is -0.144. The Bertz CT molecular complexity index is 270. The number of carbonyl (C=O) groups excluding carboxylic acids is 1. The summed E-state index contributed by atoms with van der Waals surface area (Å²) in [4.78, 5) is 14.5. The first-order chi connectivity index (χ1) is 7.97. The Morgan fingerprint density at radius 1 is 1.65 bits per heavy atom. The van der Waals surface area contributed by atoms with E-state index >= 15 is 0 Å². The quantitative estimate of drug-likeness (QED) is 0.792. The minimum absolute atomic E-state index is 0.00112. The molecule has 0 aromatic rings. The van der Waals surface area contributed by atoms with Crippen molar-refractivity contribution in [3.05, 3.63) is 0 Å². The minimum Gasteiger partial charge on any atom is -0.383 e. The van der Waals surface area contributed by atoms with E-state index in [0.29, 0.717) is 13.2 Å². The molecule has 0 aromatic carbocycles. The van der Waals surface area contributed by atoms with Gasteiger partial charge in [0.25, 0.3) is 0 Å². The van der Waals surface area contributed by atoms with Crippen molar-refractivity contribution in [3.8, 4) is 0 Å². The van der Waals surface area contributed by atoms with E-state index in [0.717, 1.165) is 19.3 Å². The zero-order chi connectivity index (χ0) is 13.1. The lowest BCUT2D eigenvalue weighted by Crippen LogP contribution is -2.52. The minimum atomic E-state index is -0.377. The van der Waals surface area contributed by atoms with Crippen LogP contribution in [0, 0.1) is 5.41 Å². The molecule has 0 saturated heterocycles. The van der Waals surface area contributed by atoms with Crippen molar-refractivity contribution in [1.82, 2.24) is 4.90 Å². The number of carbonyl (C=O) groups is 1. The molecular formula is C13H26N2O2. The van der Waals surface area contributed by atoms with Crippen LogP contribution in [-0.4, -0.2) is 43.2 Å². The first-order valence-corrected chi connectivity index (χ1v) is 6.53. The molecule has 1 amide bonds. The summed E-state index contributed by atoms with van der Waals surface area (Å²) in [6.07, 6.45) is 2.92. The molecule has 0 heterocycles. The van der Waals surface area contributed by atoms with Gasteiger partial charge in [-0.2, -0.15) is 0 Å². The van der Waals surface area contributed by atoms with E-state index in [1.54, 1.807) is 7.11 Å². The second-order valence-corrected chi connectivity index (χ2v) is 5.31. The van der Waals surface area contributed by atoms with Crippen LogP contribution in [-0.2, 0) is 9.53 Å². The van der Waals surface area contributed by atoms with Gasteiger partial charge < -0.3 is 15.4 Å². The largest absolute Gasteiger partial charge is 0.383 e. The summed E-state index contributed by atoms with van der Waals surface area (Å²) in [5.74, 6) is 0.189. The SMILES string of the molecule is CCN(C(=O)C1(C)CCCC1N)C(C)COC. The van der Waals surface area contributed by atoms with Crippen LogP contribution < -0.4 is 5.73 Å². The molecule has 1 fully saturated rings. The highest BCUT2D eigenvalue weighted by Gasteiger charge is 2.45. The Morgan fingerprint density at radius 3 is 2.71 bits per heavy atom. The smallest absolute Gasteiger partial charge is 0.230 e. The lowest BCUT2D eigenvalue weighted by Gasteiger charge is -2.37. The summed E-state index contributed by atoms with van der Waals surface area (Å²) in [6.45, 7) is 7.33. The van der Waals surface area contributed by atoms with Crippen LogP contribution >= 0.6 is 0 Å². The lowest BCUT2D eigenvalue weighted by atomic mass is 9.83. The average molecular weight is 242 g/mol. The van der Waals surface area contributed by atoms with Gasteiger partial charge in [-0.05, 0) is 33.6 Å². The fourth-order valence-corrected chi connectivity index (χ4v) is 2.77. The van der Waals surface area contributed by atoms with Crippen LogP contribution in [0.4, 0.5) is 0 Å². The number of likely N-dealkylation sites (N-methyl/N-ethyl adjacent to an activating group) is 1. The van der Waals surface area contributed by atoms with Crippen molar-refractivity contribution in [2.75, 3.05) is 20.3 Å². The Hall–Kier alpha value is -0.610. The van der Waals surface area contributed by atoms with Crippen LogP contribution in [0.5, 0.6) is 0 Å². The zero-order valence-electron chi connectivity index (χ0n) is 11.5. The summed E-state index contributed by atoms with van der Waals surface area (Å²) >= 11 is 0. The fraction of sp³-hybridized carbons (Fsp3) is 0.923. The summed E-state index contributed by atoms with van der Waals surface area (Å²) < 4.78 is 5.13. The maximum Gasteiger partial charge on any atom is 0.230 e. The normalized spacial score (nSPS) is 30.3. The molecule has 1 rings (SSSR count). The van der Waals surface area contributed by atoms with E-state index < -0.39 is 0 Å². The van der Waals surface area contributed by atoms with Gasteiger partial charge in [-0.1, -0.05) is 6.42 Å². The van der Waals surface area contributed by atoms with E-state index in [-0.39, 0.29) is 23.4 Å². The monoisotopic (exact) mass is 242 g/mol. The molecule has 1 aliphatic rings. The van der Waals surface area contributed by atoms with E-state index in [2.05, 4.69) is 0 Å².